The van der Waals surface area contributed by atoms with Gasteiger partial charge in [-0.2, -0.15) is 0 Å². The molecule has 16 heavy (non-hydrogen) atoms. The van der Waals surface area contributed by atoms with Crippen LogP contribution in [0.2, 0.25) is 0 Å². The molecule has 0 saturated heterocycles. The molecule has 86 valence electrons. The van der Waals surface area contributed by atoms with Crippen molar-refractivity contribution in [2.24, 2.45) is 10.1 Å². The topological polar surface area (TPSA) is 90.3 Å². The minimum absolute atomic E-state index is 0.0498. The summed E-state index contributed by atoms with van der Waals surface area (Å²) in [6.45, 7) is 4.78. The smallest absolute Gasteiger partial charge is 0.233 e. The van der Waals surface area contributed by atoms with Crippen molar-refractivity contribution in [3.63, 3.8) is 0 Å². The molecule has 0 bridgehead atoms. The first kappa shape index (κ1) is 12.3. The number of imidazole rings is 1. The van der Waals surface area contributed by atoms with E-state index < -0.39 is 10.0 Å². The van der Waals surface area contributed by atoms with E-state index in [2.05, 4.69) is 16.7 Å². The highest BCUT2D eigenvalue weighted by atomic mass is 32.2. The molecule has 1 aromatic heterocycles. The van der Waals surface area contributed by atoms with Gasteiger partial charge in [0.2, 0.25) is 10.0 Å². The van der Waals surface area contributed by atoms with Gasteiger partial charge in [-0.1, -0.05) is 0 Å². The van der Waals surface area contributed by atoms with Crippen LogP contribution in [0, 0.1) is 0 Å². The highest BCUT2D eigenvalue weighted by Gasteiger charge is 2.04. The van der Waals surface area contributed by atoms with Crippen molar-refractivity contribution in [1.82, 2.24) is 9.55 Å². The van der Waals surface area contributed by atoms with E-state index in [9.17, 15) is 8.42 Å². The standard InChI is InChI=1S/C9H12N4O2S/c1-8(16(10,14)15)3-4-9(11-2)13-6-5-12-7-13/h3-7H,2H2,1H3,(H2,10,14,15)/b8-3+,9-4+. The van der Waals surface area contributed by atoms with Crippen LogP contribution >= 0.6 is 0 Å². The highest BCUT2D eigenvalue weighted by Crippen LogP contribution is 2.07. The Kier molecular flexibility index (Phi) is 3.75. The molecule has 0 amide bonds. The maximum atomic E-state index is 10.9. The van der Waals surface area contributed by atoms with Crippen LogP contribution in [0.1, 0.15) is 6.92 Å². The quantitative estimate of drug-likeness (QED) is 0.616. The first-order chi connectivity index (χ1) is 7.45. The Balaban J connectivity index is 3.05. The molecule has 1 heterocycles. The van der Waals surface area contributed by atoms with Crippen molar-refractivity contribution in [1.29, 1.82) is 0 Å². The first-order valence-corrected chi connectivity index (χ1v) is 5.86. The van der Waals surface area contributed by atoms with Gasteiger partial charge in [-0.05, 0) is 25.8 Å². The fourth-order valence-corrected chi connectivity index (χ4v) is 1.16. The van der Waals surface area contributed by atoms with Crippen LogP contribution in [0.3, 0.4) is 0 Å². The first-order valence-electron chi connectivity index (χ1n) is 4.31. The molecule has 1 aromatic rings. The molecule has 0 aliphatic heterocycles. The van der Waals surface area contributed by atoms with Gasteiger partial charge < -0.3 is 0 Å². The predicted octanol–water partition coefficient (Wildman–Crippen LogP) is 0.574. The summed E-state index contributed by atoms with van der Waals surface area (Å²) < 4.78 is 23.5. The molecule has 0 fully saturated rings. The molecule has 1 rings (SSSR count). The largest absolute Gasteiger partial charge is 0.291 e. The number of allylic oxidation sites excluding steroid dienone is 3. The lowest BCUT2D eigenvalue weighted by atomic mass is 10.4. The van der Waals surface area contributed by atoms with E-state index in [4.69, 9.17) is 5.14 Å². The van der Waals surface area contributed by atoms with Crippen molar-refractivity contribution in [2.75, 3.05) is 0 Å². The van der Waals surface area contributed by atoms with E-state index in [1.807, 2.05) is 0 Å². The van der Waals surface area contributed by atoms with Gasteiger partial charge in [0.1, 0.15) is 12.1 Å². The molecule has 2 N–H and O–H groups in total. The molecule has 0 aliphatic rings. The average Bonchev–Trinajstić information content (AvgIpc) is 2.70. The van der Waals surface area contributed by atoms with Gasteiger partial charge in [-0.15, -0.1) is 0 Å². The summed E-state index contributed by atoms with van der Waals surface area (Å²) in [5.74, 6) is 0.459. The van der Waals surface area contributed by atoms with Crippen LogP contribution < -0.4 is 5.14 Å². The maximum Gasteiger partial charge on any atom is 0.233 e. The van der Waals surface area contributed by atoms with Crippen molar-refractivity contribution >= 4 is 22.6 Å². The summed E-state index contributed by atoms with van der Waals surface area (Å²) in [5, 5.41) is 4.93. The van der Waals surface area contributed by atoms with Crippen LogP contribution in [0.4, 0.5) is 0 Å². The SMILES string of the molecule is C=N/C(=C\C=C(/C)S(N)(=O)=O)n1ccnc1. The summed E-state index contributed by atoms with van der Waals surface area (Å²) in [6.07, 6.45) is 7.63. The van der Waals surface area contributed by atoms with Gasteiger partial charge in [0.15, 0.2) is 0 Å². The number of nitrogens with two attached hydrogens (primary N) is 1. The van der Waals surface area contributed by atoms with Gasteiger partial charge in [0.05, 0.1) is 4.91 Å². The summed E-state index contributed by atoms with van der Waals surface area (Å²) in [5.41, 5.74) is 0. The lowest BCUT2D eigenvalue weighted by Gasteiger charge is -2.00. The van der Waals surface area contributed by atoms with E-state index in [0.717, 1.165) is 0 Å². The van der Waals surface area contributed by atoms with Crippen LogP contribution in [0.25, 0.3) is 5.82 Å². The third-order valence-electron chi connectivity index (χ3n) is 1.85. The van der Waals surface area contributed by atoms with E-state index in [0.29, 0.717) is 5.82 Å². The molecule has 0 unspecified atom stereocenters. The van der Waals surface area contributed by atoms with Crippen molar-refractivity contribution in [3.05, 3.63) is 35.8 Å². The Labute approximate surface area is 93.9 Å². The molecular weight excluding hydrogens is 228 g/mol. The van der Waals surface area contributed by atoms with Crippen molar-refractivity contribution in [2.45, 2.75) is 6.92 Å². The Morgan fingerprint density at radius 1 is 1.56 bits per heavy atom. The second kappa shape index (κ2) is 4.86. The molecule has 0 spiro atoms. The van der Waals surface area contributed by atoms with E-state index in [1.165, 1.54) is 25.4 Å². The Hall–Kier alpha value is -1.73. The zero-order chi connectivity index (χ0) is 12.2. The number of aliphatic imine (C=N–C) groups is 1. The van der Waals surface area contributed by atoms with Crippen LogP contribution in [0.5, 0.6) is 0 Å². The van der Waals surface area contributed by atoms with Gasteiger partial charge in [-0.3, -0.25) is 4.57 Å². The monoisotopic (exact) mass is 240 g/mol. The van der Waals surface area contributed by atoms with Gasteiger partial charge in [0.25, 0.3) is 0 Å². The molecular formula is C9H12N4O2S. The number of nitrogens with zero attached hydrogens (tertiary/aromatic N) is 3. The van der Waals surface area contributed by atoms with E-state index >= 15 is 0 Å². The Morgan fingerprint density at radius 2 is 2.25 bits per heavy atom. The molecule has 0 saturated carbocycles. The van der Waals surface area contributed by atoms with Gasteiger partial charge in [-0.25, -0.2) is 23.5 Å². The second-order valence-corrected chi connectivity index (χ2v) is 4.71. The fourth-order valence-electron chi connectivity index (χ4n) is 0.902. The normalized spacial score (nSPS) is 13.9. The van der Waals surface area contributed by atoms with Crippen molar-refractivity contribution < 1.29 is 8.42 Å². The van der Waals surface area contributed by atoms with E-state index in [-0.39, 0.29) is 4.91 Å². The molecule has 0 aliphatic carbocycles. The van der Waals surface area contributed by atoms with Crippen LogP contribution in [-0.4, -0.2) is 24.7 Å². The van der Waals surface area contributed by atoms with Gasteiger partial charge >= 0.3 is 0 Å². The van der Waals surface area contributed by atoms with Gasteiger partial charge in [0, 0.05) is 12.4 Å². The highest BCUT2D eigenvalue weighted by molar-refractivity contribution is 7.93. The minimum atomic E-state index is -3.65. The summed E-state index contributed by atoms with van der Waals surface area (Å²) in [7, 11) is -3.65. The zero-order valence-corrected chi connectivity index (χ0v) is 9.55. The Bertz CT molecular complexity index is 526. The minimum Gasteiger partial charge on any atom is -0.291 e. The molecule has 0 aromatic carbocycles. The zero-order valence-electron chi connectivity index (χ0n) is 8.74. The number of primary sulfonamides is 1. The predicted molar refractivity (Wildman–Crippen MR) is 62.9 cm³/mol. The average molecular weight is 240 g/mol. The third-order valence-corrected chi connectivity index (χ3v) is 2.88. The second-order valence-electron chi connectivity index (χ2n) is 2.98. The molecule has 7 heteroatoms. The lowest BCUT2D eigenvalue weighted by Crippen LogP contribution is -2.12. The molecule has 0 atom stereocenters. The number of rotatable bonds is 4. The van der Waals surface area contributed by atoms with Crippen LogP contribution in [0.15, 0.2) is 40.8 Å². The molecule has 0 radical (unpaired) electrons. The van der Waals surface area contributed by atoms with Crippen molar-refractivity contribution in [3.8, 4) is 0 Å². The molecule has 6 nitrogen and oxygen atoms in total. The maximum absolute atomic E-state index is 10.9. The van der Waals surface area contributed by atoms with E-state index in [1.54, 1.807) is 17.0 Å². The fraction of sp³-hybridized carbons (Fsp3) is 0.111. The Morgan fingerprint density at radius 3 is 2.69 bits per heavy atom. The summed E-state index contributed by atoms with van der Waals surface area (Å²) >= 11 is 0. The number of hydrogen-bond donors (Lipinski definition) is 1. The van der Waals surface area contributed by atoms with Crippen LogP contribution in [-0.2, 0) is 10.0 Å². The summed E-state index contributed by atoms with van der Waals surface area (Å²) in [6, 6.07) is 0. The number of hydrogen-bond acceptors (Lipinski definition) is 4. The third kappa shape index (κ3) is 3.14. The number of aromatic nitrogens is 2. The lowest BCUT2D eigenvalue weighted by molar-refractivity contribution is 0.603. The number of sulfonamides is 1. The summed E-state index contributed by atoms with van der Waals surface area (Å²) in [4.78, 5) is 7.63.